The van der Waals surface area contributed by atoms with Crippen molar-refractivity contribution < 1.29 is 9.90 Å². The first-order valence-corrected chi connectivity index (χ1v) is 10.1. The van der Waals surface area contributed by atoms with E-state index in [1.54, 1.807) is 18.2 Å². The number of phenols is 1. The molecule has 0 saturated heterocycles. The third kappa shape index (κ3) is 3.32. The number of aryl methyl sites for hydroxylation is 1. The number of benzene rings is 3. The van der Waals surface area contributed by atoms with Gasteiger partial charge in [-0.05, 0) is 55.8 Å². The first kappa shape index (κ1) is 18.9. The van der Waals surface area contributed by atoms with Crippen molar-refractivity contribution in [3.05, 3.63) is 95.2 Å². The van der Waals surface area contributed by atoms with Crippen LogP contribution in [0.25, 0.3) is 11.0 Å². The van der Waals surface area contributed by atoms with Crippen molar-refractivity contribution >= 4 is 28.6 Å². The second kappa shape index (κ2) is 7.32. The molecule has 0 saturated carbocycles. The predicted molar refractivity (Wildman–Crippen MR) is 122 cm³/mol. The molecule has 4 aromatic rings. The number of carbonyl (C=O) groups excluding carboxylic acids is 1. The van der Waals surface area contributed by atoms with Crippen LogP contribution < -0.4 is 10.6 Å². The normalized spacial score (nSPS) is 15.5. The fourth-order valence-electron chi connectivity index (χ4n) is 4.10. The lowest BCUT2D eigenvalue weighted by atomic mass is 9.94. The van der Waals surface area contributed by atoms with E-state index in [1.807, 2.05) is 73.0 Å². The molecule has 154 valence electrons. The van der Waals surface area contributed by atoms with Gasteiger partial charge in [-0.3, -0.25) is 9.36 Å². The maximum Gasteiger partial charge on any atom is 0.255 e. The highest BCUT2D eigenvalue weighted by atomic mass is 16.3. The molecule has 1 aliphatic rings. The van der Waals surface area contributed by atoms with E-state index in [0.717, 1.165) is 33.5 Å². The number of rotatable bonds is 3. The van der Waals surface area contributed by atoms with Crippen molar-refractivity contribution in [2.45, 2.75) is 19.9 Å². The van der Waals surface area contributed by atoms with Gasteiger partial charge in [-0.15, -0.1) is 0 Å². The standard InChI is InChI=1S/C25H22N4O2/c1-15-10-12-18(13-11-15)27-24(31)22-16(2)26-25-28-20-8-3-4-9-21(20)29(25)23(22)17-6-5-7-19(30)14-17/h3-14,23,30H,1-2H3,(H,26,28)(H,27,31)/t23-/m1/s1. The lowest BCUT2D eigenvalue weighted by Crippen LogP contribution is -2.30. The number of para-hydroxylation sites is 2. The lowest BCUT2D eigenvalue weighted by molar-refractivity contribution is -0.113. The number of aromatic nitrogens is 2. The van der Waals surface area contributed by atoms with Crippen molar-refractivity contribution in [2.24, 2.45) is 0 Å². The highest BCUT2D eigenvalue weighted by Gasteiger charge is 2.34. The van der Waals surface area contributed by atoms with Crippen LogP contribution in [0.5, 0.6) is 5.75 Å². The summed E-state index contributed by atoms with van der Waals surface area (Å²) in [5, 5.41) is 16.5. The van der Waals surface area contributed by atoms with Crippen molar-refractivity contribution in [2.75, 3.05) is 10.6 Å². The van der Waals surface area contributed by atoms with Crippen LogP contribution in [0.4, 0.5) is 11.6 Å². The monoisotopic (exact) mass is 410 g/mol. The number of hydrogen-bond donors (Lipinski definition) is 3. The van der Waals surface area contributed by atoms with Gasteiger partial charge in [-0.25, -0.2) is 4.98 Å². The van der Waals surface area contributed by atoms with Gasteiger partial charge in [-0.1, -0.05) is 42.0 Å². The minimum absolute atomic E-state index is 0.151. The number of allylic oxidation sites excluding steroid dienone is 1. The Balaban J connectivity index is 1.66. The first-order valence-electron chi connectivity index (χ1n) is 10.1. The maximum absolute atomic E-state index is 13.5. The zero-order valence-corrected chi connectivity index (χ0v) is 17.3. The molecule has 31 heavy (non-hydrogen) atoms. The number of carbonyl (C=O) groups is 1. The highest BCUT2D eigenvalue weighted by molar-refractivity contribution is 6.06. The maximum atomic E-state index is 13.5. The number of amides is 1. The molecule has 2 heterocycles. The summed E-state index contributed by atoms with van der Waals surface area (Å²) < 4.78 is 2.02. The molecular formula is C25H22N4O2. The van der Waals surface area contributed by atoms with Gasteiger partial charge >= 0.3 is 0 Å². The molecule has 1 amide bonds. The second-order valence-corrected chi connectivity index (χ2v) is 7.78. The summed E-state index contributed by atoms with van der Waals surface area (Å²) in [7, 11) is 0. The molecule has 6 heteroatoms. The van der Waals surface area contributed by atoms with Crippen LogP contribution in [-0.2, 0) is 4.79 Å². The number of imidazole rings is 1. The summed E-state index contributed by atoms with van der Waals surface area (Å²) in [5.41, 5.74) is 5.70. The van der Waals surface area contributed by atoms with E-state index >= 15 is 0 Å². The van der Waals surface area contributed by atoms with Crippen molar-refractivity contribution in [1.82, 2.24) is 9.55 Å². The first-order chi connectivity index (χ1) is 15.0. The van der Waals surface area contributed by atoms with E-state index in [1.165, 1.54) is 0 Å². The van der Waals surface area contributed by atoms with Gasteiger partial charge in [0.1, 0.15) is 5.75 Å². The number of fused-ring (bicyclic) bond motifs is 3. The minimum atomic E-state index is -0.443. The quantitative estimate of drug-likeness (QED) is 0.445. The van der Waals surface area contributed by atoms with Crippen LogP contribution >= 0.6 is 0 Å². The molecule has 6 nitrogen and oxygen atoms in total. The van der Waals surface area contributed by atoms with Crippen LogP contribution in [0.3, 0.4) is 0 Å². The number of phenolic OH excluding ortho intramolecular Hbond substituents is 1. The van der Waals surface area contributed by atoms with Gasteiger partial charge in [-0.2, -0.15) is 0 Å². The Bertz CT molecular complexity index is 1340. The molecule has 0 spiro atoms. The summed E-state index contributed by atoms with van der Waals surface area (Å²) in [6, 6.07) is 22.1. The Kier molecular flexibility index (Phi) is 4.47. The summed E-state index contributed by atoms with van der Waals surface area (Å²) in [6.45, 7) is 3.88. The largest absolute Gasteiger partial charge is 0.508 e. The smallest absolute Gasteiger partial charge is 0.255 e. The van der Waals surface area contributed by atoms with Crippen molar-refractivity contribution in [3.63, 3.8) is 0 Å². The minimum Gasteiger partial charge on any atom is -0.508 e. The number of anilines is 2. The van der Waals surface area contributed by atoms with E-state index < -0.39 is 6.04 Å². The summed E-state index contributed by atoms with van der Waals surface area (Å²) >= 11 is 0. The fraction of sp³-hybridized carbons (Fsp3) is 0.120. The summed E-state index contributed by atoms with van der Waals surface area (Å²) in [5.74, 6) is 0.613. The third-order valence-corrected chi connectivity index (χ3v) is 5.57. The van der Waals surface area contributed by atoms with Gasteiger partial charge < -0.3 is 15.7 Å². The average Bonchev–Trinajstić information content (AvgIpc) is 3.12. The van der Waals surface area contributed by atoms with Crippen molar-refractivity contribution in [3.8, 4) is 5.75 Å². The Morgan fingerprint density at radius 1 is 1.03 bits per heavy atom. The SMILES string of the molecule is CC1=C(C(=O)Nc2ccc(C)cc2)[C@@H](c2cccc(O)c2)n2c(nc3ccccc32)N1. The second-order valence-electron chi connectivity index (χ2n) is 7.78. The Hall–Kier alpha value is -4.06. The Morgan fingerprint density at radius 3 is 2.58 bits per heavy atom. The van der Waals surface area contributed by atoms with Gasteiger partial charge in [0.15, 0.2) is 0 Å². The van der Waals surface area contributed by atoms with Gasteiger partial charge in [0.05, 0.1) is 22.6 Å². The lowest BCUT2D eigenvalue weighted by Gasteiger charge is -2.30. The van der Waals surface area contributed by atoms with E-state index in [0.29, 0.717) is 11.5 Å². The molecule has 1 aliphatic heterocycles. The molecule has 0 fully saturated rings. The van der Waals surface area contributed by atoms with Crippen LogP contribution in [0, 0.1) is 6.92 Å². The van der Waals surface area contributed by atoms with Gasteiger partial charge in [0, 0.05) is 11.4 Å². The molecule has 1 atom stereocenters. The summed E-state index contributed by atoms with van der Waals surface area (Å²) in [4.78, 5) is 18.2. The van der Waals surface area contributed by atoms with Gasteiger partial charge in [0.25, 0.3) is 5.91 Å². The fourth-order valence-corrected chi connectivity index (χ4v) is 4.10. The van der Waals surface area contributed by atoms with Crippen LogP contribution in [-0.4, -0.2) is 20.6 Å². The zero-order valence-electron chi connectivity index (χ0n) is 17.3. The molecule has 0 bridgehead atoms. The predicted octanol–water partition coefficient (Wildman–Crippen LogP) is 4.98. The van der Waals surface area contributed by atoms with E-state index in [4.69, 9.17) is 4.98 Å². The average molecular weight is 410 g/mol. The molecular weight excluding hydrogens is 388 g/mol. The topological polar surface area (TPSA) is 79.2 Å². The molecule has 0 aliphatic carbocycles. The van der Waals surface area contributed by atoms with Crippen LogP contribution in [0.1, 0.15) is 24.1 Å². The summed E-state index contributed by atoms with van der Waals surface area (Å²) in [6.07, 6.45) is 0. The highest BCUT2D eigenvalue weighted by Crippen LogP contribution is 2.40. The van der Waals surface area contributed by atoms with E-state index in [9.17, 15) is 9.90 Å². The van der Waals surface area contributed by atoms with Gasteiger partial charge in [0.2, 0.25) is 5.95 Å². The number of nitrogens with zero attached hydrogens (tertiary/aromatic N) is 2. The van der Waals surface area contributed by atoms with E-state index in [-0.39, 0.29) is 11.7 Å². The Morgan fingerprint density at radius 2 is 1.81 bits per heavy atom. The Labute approximate surface area is 179 Å². The third-order valence-electron chi connectivity index (χ3n) is 5.57. The van der Waals surface area contributed by atoms with Crippen LogP contribution in [0.15, 0.2) is 84.1 Å². The van der Waals surface area contributed by atoms with E-state index in [2.05, 4.69) is 10.6 Å². The zero-order chi connectivity index (χ0) is 21.5. The number of hydrogen-bond acceptors (Lipinski definition) is 4. The number of nitrogens with one attached hydrogen (secondary N) is 2. The van der Waals surface area contributed by atoms with Crippen LogP contribution in [0.2, 0.25) is 0 Å². The molecule has 0 unspecified atom stereocenters. The molecule has 3 N–H and O–H groups in total. The van der Waals surface area contributed by atoms with Crippen molar-refractivity contribution in [1.29, 1.82) is 0 Å². The molecule has 1 aromatic heterocycles. The number of aromatic hydroxyl groups is 1. The molecule has 0 radical (unpaired) electrons. The molecule has 5 rings (SSSR count). The molecule has 3 aromatic carbocycles.